The number of amides is 3. The summed E-state index contributed by atoms with van der Waals surface area (Å²) in [6.45, 7) is 16.4. The average molecular weight is 528 g/mol. The lowest BCUT2D eigenvalue weighted by Gasteiger charge is -2.33. The fourth-order valence-electron chi connectivity index (χ4n) is 5.59. The van der Waals surface area contributed by atoms with E-state index < -0.39 is 23.6 Å². The van der Waals surface area contributed by atoms with Crippen molar-refractivity contribution in [2.24, 2.45) is 11.3 Å². The highest BCUT2D eigenvalue weighted by Crippen LogP contribution is 2.34. The molecule has 2 heterocycles. The van der Waals surface area contributed by atoms with Crippen molar-refractivity contribution in [3.8, 4) is 0 Å². The molecule has 8 nitrogen and oxygen atoms in total. The molecule has 0 aromatic heterocycles. The number of nitrogens with zero attached hydrogens (tertiary/aromatic N) is 2. The molecule has 2 aliphatic heterocycles. The van der Waals surface area contributed by atoms with Crippen LogP contribution in [0.4, 0.5) is 0 Å². The molecular weight excluding hydrogens is 482 g/mol. The third-order valence-electron chi connectivity index (χ3n) is 7.56. The van der Waals surface area contributed by atoms with Gasteiger partial charge in [-0.05, 0) is 47.3 Å². The van der Waals surface area contributed by atoms with Crippen LogP contribution < -0.4 is 5.32 Å². The highest BCUT2D eigenvalue weighted by atomic mass is 16.5. The average Bonchev–Trinajstić information content (AvgIpc) is 3.38. The first-order valence-corrected chi connectivity index (χ1v) is 13.6. The number of carbonyl (C=O) groups is 4. The number of fused-ring (bicyclic) bond motifs is 1. The van der Waals surface area contributed by atoms with Crippen LogP contribution in [0.3, 0.4) is 0 Å². The first-order chi connectivity index (χ1) is 17.6. The van der Waals surface area contributed by atoms with Gasteiger partial charge in [-0.25, -0.2) is 0 Å². The van der Waals surface area contributed by atoms with Gasteiger partial charge in [-0.1, -0.05) is 67.5 Å². The van der Waals surface area contributed by atoms with E-state index in [2.05, 4.69) is 26.1 Å². The second-order valence-electron chi connectivity index (χ2n) is 13.2. The highest BCUT2D eigenvalue weighted by molar-refractivity contribution is 6.01. The maximum absolute atomic E-state index is 13.8. The number of methoxy groups -OCH3 is 1. The molecule has 2 saturated heterocycles. The molecule has 0 spiro atoms. The molecule has 2 fully saturated rings. The molecule has 3 amide bonds. The van der Waals surface area contributed by atoms with Crippen molar-refractivity contribution in [1.82, 2.24) is 15.1 Å². The van der Waals surface area contributed by atoms with E-state index in [4.69, 9.17) is 4.74 Å². The molecule has 4 unspecified atom stereocenters. The van der Waals surface area contributed by atoms with E-state index in [9.17, 15) is 19.2 Å². The molecular formula is C30H45N3O5. The second kappa shape index (κ2) is 11.2. The Kier molecular flexibility index (Phi) is 8.76. The topological polar surface area (TPSA) is 96.0 Å². The third kappa shape index (κ3) is 6.28. The van der Waals surface area contributed by atoms with E-state index in [1.54, 1.807) is 21.9 Å². The van der Waals surface area contributed by atoms with Crippen LogP contribution in [0, 0.1) is 11.3 Å². The third-order valence-corrected chi connectivity index (χ3v) is 7.56. The van der Waals surface area contributed by atoms with Crippen molar-refractivity contribution in [2.45, 2.75) is 97.9 Å². The molecule has 0 radical (unpaired) electrons. The Bertz CT molecular complexity index is 1050. The van der Waals surface area contributed by atoms with Gasteiger partial charge < -0.3 is 19.9 Å². The van der Waals surface area contributed by atoms with Gasteiger partial charge in [0.25, 0.3) is 11.8 Å². The molecule has 1 aromatic rings. The SMILES string of the molecule is COC(C(=O)N1CC(=O)C2C1CCN2C(=O)C(CC(C)C)NC(=O)c1ccc(C(C)(C)C)cc1)C(C)(C)C. The lowest BCUT2D eigenvalue weighted by atomic mass is 9.86. The smallest absolute Gasteiger partial charge is 0.252 e. The fourth-order valence-corrected chi connectivity index (χ4v) is 5.59. The Morgan fingerprint density at radius 3 is 2.11 bits per heavy atom. The minimum atomic E-state index is -0.762. The van der Waals surface area contributed by atoms with Gasteiger partial charge in [0.1, 0.15) is 18.2 Å². The summed E-state index contributed by atoms with van der Waals surface area (Å²) in [5.74, 6) is -0.806. The van der Waals surface area contributed by atoms with Crippen molar-refractivity contribution >= 4 is 23.5 Å². The molecule has 1 N–H and O–H groups in total. The molecule has 2 aliphatic rings. The first kappa shape index (κ1) is 29.8. The van der Waals surface area contributed by atoms with Gasteiger partial charge in [0.15, 0.2) is 5.78 Å². The summed E-state index contributed by atoms with van der Waals surface area (Å²) < 4.78 is 5.51. The Balaban J connectivity index is 1.78. The second-order valence-corrected chi connectivity index (χ2v) is 13.2. The number of rotatable bonds is 7. The lowest BCUT2D eigenvalue weighted by Crippen LogP contribution is -2.53. The number of Topliss-reactive ketones (excluding diaryl/α,β-unsaturated/α-hetero) is 1. The molecule has 8 heteroatoms. The number of ketones is 1. The van der Waals surface area contributed by atoms with Crippen LogP contribution in [0.1, 0.15) is 84.2 Å². The number of carbonyl (C=O) groups excluding carboxylic acids is 4. The van der Waals surface area contributed by atoms with Crippen LogP contribution in [0.15, 0.2) is 24.3 Å². The number of hydrogen-bond donors (Lipinski definition) is 1. The van der Waals surface area contributed by atoms with E-state index in [0.29, 0.717) is 24.9 Å². The van der Waals surface area contributed by atoms with Crippen LogP contribution in [0.25, 0.3) is 0 Å². The zero-order chi connectivity index (χ0) is 28.6. The summed E-state index contributed by atoms with van der Waals surface area (Å²) in [7, 11) is 1.50. The van der Waals surface area contributed by atoms with Gasteiger partial charge in [-0.2, -0.15) is 0 Å². The maximum atomic E-state index is 13.8. The van der Waals surface area contributed by atoms with Crippen LogP contribution in [-0.4, -0.2) is 77.7 Å². The van der Waals surface area contributed by atoms with E-state index in [0.717, 1.165) is 5.56 Å². The standard InChI is InChI=1S/C30H45N3O5/c1-18(2)16-21(31-26(35)19-10-12-20(13-11-19)29(3,4)5)27(36)32-15-14-22-24(32)23(34)17-33(22)28(37)25(38-9)30(6,7)8/h10-13,18,21-22,24-25H,14-17H2,1-9H3,(H,31,35). The van der Waals surface area contributed by atoms with E-state index in [-0.39, 0.29) is 47.4 Å². The largest absolute Gasteiger partial charge is 0.371 e. The monoisotopic (exact) mass is 527 g/mol. The lowest BCUT2D eigenvalue weighted by molar-refractivity contribution is -0.150. The molecule has 0 aliphatic carbocycles. The highest BCUT2D eigenvalue weighted by Gasteiger charge is 2.53. The van der Waals surface area contributed by atoms with Crippen LogP contribution in [-0.2, 0) is 24.5 Å². The van der Waals surface area contributed by atoms with E-state index in [1.165, 1.54) is 7.11 Å². The van der Waals surface area contributed by atoms with Crippen molar-refractivity contribution in [3.63, 3.8) is 0 Å². The first-order valence-electron chi connectivity index (χ1n) is 13.6. The van der Waals surface area contributed by atoms with Crippen molar-refractivity contribution < 1.29 is 23.9 Å². The molecule has 0 bridgehead atoms. The van der Waals surface area contributed by atoms with Gasteiger partial charge >= 0.3 is 0 Å². The predicted octanol–water partition coefficient (Wildman–Crippen LogP) is 3.57. The molecule has 38 heavy (non-hydrogen) atoms. The van der Waals surface area contributed by atoms with Crippen LogP contribution >= 0.6 is 0 Å². The van der Waals surface area contributed by atoms with Crippen molar-refractivity contribution in [3.05, 3.63) is 35.4 Å². The zero-order valence-electron chi connectivity index (χ0n) is 24.5. The summed E-state index contributed by atoms with van der Waals surface area (Å²) in [4.78, 5) is 56.6. The number of hydrogen-bond acceptors (Lipinski definition) is 5. The summed E-state index contributed by atoms with van der Waals surface area (Å²) in [6, 6.07) is 5.61. The van der Waals surface area contributed by atoms with Crippen molar-refractivity contribution in [2.75, 3.05) is 20.2 Å². The number of nitrogens with one attached hydrogen (secondary N) is 1. The summed E-state index contributed by atoms with van der Waals surface area (Å²) in [5, 5.41) is 2.93. The Morgan fingerprint density at radius 1 is 1.00 bits per heavy atom. The van der Waals surface area contributed by atoms with Gasteiger partial charge in [-0.3, -0.25) is 19.2 Å². The van der Waals surface area contributed by atoms with Gasteiger partial charge in [0.05, 0.1) is 12.6 Å². The Labute approximate surface area is 227 Å². The summed E-state index contributed by atoms with van der Waals surface area (Å²) >= 11 is 0. The zero-order valence-corrected chi connectivity index (χ0v) is 24.5. The molecule has 0 saturated carbocycles. The number of ether oxygens (including phenoxy) is 1. The predicted molar refractivity (Wildman–Crippen MR) is 147 cm³/mol. The molecule has 3 rings (SSSR count). The minimum absolute atomic E-state index is 0.0311. The van der Waals surface area contributed by atoms with Gasteiger partial charge in [-0.15, -0.1) is 0 Å². The molecule has 1 aromatic carbocycles. The number of benzene rings is 1. The number of likely N-dealkylation sites (tertiary alicyclic amines) is 2. The van der Waals surface area contributed by atoms with Crippen molar-refractivity contribution in [1.29, 1.82) is 0 Å². The fraction of sp³-hybridized carbons (Fsp3) is 0.667. The quantitative estimate of drug-likeness (QED) is 0.585. The van der Waals surface area contributed by atoms with Crippen LogP contribution in [0.5, 0.6) is 0 Å². The minimum Gasteiger partial charge on any atom is -0.371 e. The summed E-state index contributed by atoms with van der Waals surface area (Å²) in [6.07, 6.45) is 0.285. The van der Waals surface area contributed by atoms with Gasteiger partial charge in [0, 0.05) is 19.2 Å². The Morgan fingerprint density at radius 2 is 1.61 bits per heavy atom. The molecule has 210 valence electrons. The van der Waals surface area contributed by atoms with Crippen LogP contribution in [0.2, 0.25) is 0 Å². The Hall–Kier alpha value is -2.74. The van der Waals surface area contributed by atoms with E-state index in [1.807, 2.05) is 46.8 Å². The van der Waals surface area contributed by atoms with E-state index >= 15 is 0 Å². The van der Waals surface area contributed by atoms with Gasteiger partial charge in [0.2, 0.25) is 5.91 Å². The maximum Gasteiger partial charge on any atom is 0.252 e. The molecule has 4 atom stereocenters. The summed E-state index contributed by atoms with van der Waals surface area (Å²) in [5.41, 5.74) is 1.14. The normalized spacial score (nSPS) is 21.5.